The SMILES string of the molecule is NCCCC[C@H](NC=O)C(=O)N1CC(c2cc(F)ccc2F)=CC1c1ccccc1. The van der Waals surface area contributed by atoms with Crippen molar-refractivity contribution in [2.75, 3.05) is 13.1 Å². The highest BCUT2D eigenvalue weighted by molar-refractivity contribution is 5.88. The largest absolute Gasteiger partial charge is 0.347 e. The van der Waals surface area contributed by atoms with E-state index < -0.39 is 23.7 Å². The van der Waals surface area contributed by atoms with Crippen LogP contribution in [0.3, 0.4) is 0 Å². The van der Waals surface area contributed by atoms with Crippen LogP contribution in [0.1, 0.15) is 36.4 Å². The van der Waals surface area contributed by atoms with Crippen molar-refractivity contribution in [1.82, 2.24) is 10.2 Å². The minimum atomic E-state index is -0.703. The number of carbonyl (C=O) groups excluding carboxylic acids is 2. The molecule has 0 aromatic heterocycles. The van der Waals surface area contributed by atoms with Gasteiger partial charge in [-0.05, 0) is 55.1 Å². The summed E-state index contributed by atoms with van der Waals surface area (Å²) in [6.07, 6.45) is 4.18. The average Bonchev–Trinajstić information content (AvgIpc) is 3.20. The zero-order chi connectivity index (χ0) is 21.5. The van der Waals surface area contributed by atoms with Crippen LogP contribution < -0.4 is 11.1 Å². The number of hydrogen-bond acceptors (Lipinski definition) is 3. The maximum Gasteiger partial charge on any atom is 0.246 e. The molecule has 0 bridgehead atoms. The maximum atomic E-state index is 14.4. The van der Waals surface area contributed by atoms with E-state index in [1.54, 1.807) is 11.0 Å². The Morgan fingerprint density at radius 2 is 1.97 bits per heavy atom. The van der Waals surface area contributed by atoms with Gasteiger partial charge in [0.15, 0.2) is 0 Å². The van der Waals surface area contributed by atoms with Crippen molar-refractivity contribution in [2.24, 2.45) is 5.73 Å². The Morgan fingerprint density at radius 3 is 2.67 bits per heavy atom. The number of halogens is 2. The van der Waals surface area contributed by atoms with Crippen LogP contribution >= 0.6 is 0 Å². The highest BCUT2D eigenvalue weighted by Crippen LogP contribution is 2.36. The first-order valence-electron chi connectivity index (χ1n) is 9.96. The predicted molar refractivity (Wildman–Crippen MR) is 111 cm³/mol. The molecule has 7 heteroatoms. The van der Waals surface area contributed by atoms with E-state index in [2.05, 4.69) is 5.32 Å². The fourth-order valence-corrected chi connectivity index (χ4v) is 3.73. The van der Waals surface area contributed by atoms with Gasteiger partial charge in [0.1, 0.15) is 17.7 Å². The molecule has 0 saturated carbocycles. The number of nitrogens with two attached hydrogens (primary N) is 1. The van der Waals surface area contributed by atoms with Crippen LogP contribution in [-0.4, -0.2) is 36.3 Å². The number of carbonyl (C=O) groups is 2. The van der Waals surface area contributed by atoms with Crippen molar-refractivity contribution in [1.29, 1.82) is 0 Å². The zero-order valence-electron chi connectivity index (χ0n) is 16.6. The first-order chi connectivity index (χ1) is 14.5. The van der Waals surface area contributed by atoms with Crippen molar-refractivity contribution in [3.63, 3.8) is 0 Å². The van der Waals surface area contributed by atoms with Gasteiger partial charge < -0.3 is 16.0 Å². The molecule has 2 amide bonds. The molecular formula is C23H25F2N3O2. The van der Waals surface area contributed by atoms with E-state index in [0.29, 0.717) is 31.4 Å². The van der Waals surface area contributed by atoms with Gasteiger partial charge in [-0.25, -0.2) is 8.78 Å². The summed E-state index contributed by atoms with van der Waals surface area (Å²) in [7, 11) is 0. The van der Waals surface area contributed by atoms with E-state index in [4.69, 9.17) is 5.73 Å². The maximum absolute atomic E-state index is 14.4. The summed E-state index contributed by atoms with van der Waals surface area (Å²) in [5.41, 5.74) is 7.05. The number of nitrogens with zero attached hydrogens (tertiary/aromatic N) is 1. The molecule has 0 aliphatic carbocycles. The lowest BCUT2D eigenvalue weighted by Gasteiger charge is -2.29. The fourth-order valence-electron chi connectivity index (χ4n) is 3.73. The number of hydrogen-bond donors (Lipinski definition) is 2. The molecule has 1 aliphatic heterocycles. The average molecular weight is 413 g/mol. The number of amides is 2. The van der Waals surface area contributed by atoms with E-state index in [1.807, 2.05) is 30.3 Å². The number of nitrogens with one attached hydrogen (secondary N) is 1. The predicted octanol–water partition coefficient (Wildman–Crippen LogP) is 3.18. The Balaban J connectivity index is 1.93. The topological polar surface area (TPSA) is 75.4 Å². The summed E-state index contributed by atoms with van der Waals surface area (Å²) in [5.74, 6) is -1.36. The second kappa shape index (κ2) is 10.1. The van der Waals surface area contributed by atoms with Gasteiger partial charge in [-0.1, -0.05) is 36.4 Å². The third-order valence-corrected chi connectivity index (χ3v) is 5.25. The smallest absolute Gasteiger partial charge is 0.246 e. The second-order valence-corrected chi connectivity index (χ2v) is 7.26. The number of benzene rings is 2. The molecule has 0 spiro atoms. The second-order valence-electron chi connectivity index (χ2n) is 7.26. The van der Waals surface area contributed by atoms with Crippen molar-refractivity contribution in [2.45, 2.75) is 31.3 Å². The Morgan fingerprint density at radius 1 is 1.20 bits per heavy atom. The fraction of sp³-hybridized carbons (Fsp3) is 0.304. The molecule has 158 valence electrons. The van der Waals surface area contributed by atoms with Gasteiger partial charge in [-0.2, -0.15) is 0 Å². The quantitative estimate of drug-likeness (QED) is 0.490. The lowest BCUT2D eigenvalue weighted by Crippen LogP contribution is -2.46. The first kappa shape index (κ1) is 21.6. The number of rotatable bonds is 9. The van der Waals surface area contributed by atoms with Crippen LogP contribution in [0, 0.1) is 11.6 Å². The van der Waals surface area contributed by atoms with E-state index >= 15 is 0 Å². The molecule has 3 N–H and O–H groups in total. The van der Waals surface area contributed by atoms with Crippen LogP contribution in [0.5, 0.6) is 0 Å². The van der Waals surface area contributed by atoms with Gasteiger partial charge in [-0.15, -0.1) is 0 Å². The molecule has 1 heterocycles. The summed E-state index contributed by atoms with van der Waals surface area (Å²) in [5, 5.41) is 2.60. The molecule has 2 aromatic carbocycles. The van der Waals surface area contributed by atoms with Gasteiger partial charge in [0.2, 0.25) is 12.3 Å². The Labute approximate surface area is 174 Å². The third kappa shape index (κ3) is 4.91. The summed E-state index contributed by atoms with van der Waals surface area (Å²) < 4.78 is 28.1. The van der Waals surface area contributed by atoms with Crippen molar-refractivity contribution in [3.8, 4) is 0 Å². The standard InChI is InChI=1S/C23H25F2N3O2/c24-18-9-10-20(25)19(13-18)17-12-22(16-6-2-1-3-7-16)28(14-17)23(30)21(27-15-29)8-4-5-11-26/h1-3,6-7,9-10,12-13,15,21-22H,4-5,8,11,14,26H2,(H,27,29)/t21-,22?/m0/s1. The van der Waals surface area contributed by atoms with E-state index in [0.717, 1.165) is 30.2 Å². The van der Waals surface area contributed by atoms with Gasteiger partial charge in [0, 0.05) is 12.1 Å². The van der Waals surface area contributed by atoms with Gasteiger partial charge in [-0.3, -0.25) is 9.59 Å². The zero-order valence-corrected chi connectivity index (χ0v) is 16.6. The lowest BCUT2D eigenvalue weighted by atomic mass is 10.0. The summed E-state index contributed by atoms with van der Waals surface area (Å²) in [4.78, 5) is 26.0. The van der Waals surface area contributed by atoms with Gasteiger partial charge >= 0.3 is 0 Å². The summed E-state index contributed by atoms with van der Waals surface area (Å²) >= 11 is 0. The molecule has 30 heavy (non-hydrogen) atoms. The van der Waals surface area contributed by atoms with Crippen LogP contribution in [0.2, 0.25) is 0 Å². The Kier molecular flexibility index (Phi) is 7.30. The molecule has 3 rings (SSSR count). The highest BCUT2D eigenvalue weighted by Gasteiger charge is 2.34. The molecule has 2 atom stereocenters. The summed E-state index contributed by atoms with van der Waals surface area (Å²) in [6, 6.07) is 11.5. The van der Waals surface area contributed by atoms with E-state index in [1.165, 1.54) is 0 Å². The number of unbranched alkanes of at least 4 members (excludes halogenated alkanes) is 1. The molecule has 0 fully saturated rings. The molecule has 1 aliphatic rings. The van der Waals surface area contributed by atoms with Crippen LogP contribution in [0.25, 0.3) is 5.57 Å². The van der Waals surface area contributed by atoms with E-state index in [9.17, 15) is 18.4 Å². The minimum Gasteiger partial charge on any atom is -0.347 e. The molecular weight excluding hydrogens is 388 g/mol. The third-order valence-electron chi connectivity index (χ3n) is 5.25. The molecule has 0 radical (unpaired) electrons. The van der Waals surface area contributed by atoms with Crippen molar-refractivity contribution >= 4 is 17.9 Å². The first-order valence-corrected chi connectivity index (χ1v) is 9.96. The molecule has 0 saturated heterocycles. The monoisotopic (exact) mass is 413 g/mol. The Bertz CT molecular complexity index is 918. The van der Waals surface area contributed by atoms with Gasteiger partial charge in [0.05, 0.1) is 6.04 Å². The van der Waals surface area contributed by atoms with Crippen LogP contribution in [0.4, 0.5) is 8.78 Å². The van der Waals surface area contributed by atoms with E-state index in [-0.39, 0.29) is 18.0 Å². The van der Waals surface area contributed by atoms with Crippen molar-refractivity contribution in [3.05, 3.63) is 77.4 Å². The van der Waals surface area contributed by atoms with Crippen molar-refractivity contribution < 1.29 is 18.4 Å². The normalized spacial score (nSPS) is 16.8. The van der Waals surface area contributed by atoms with Crippen LogP contribution in [0.15, 0.2) is 54.6 Å². The Hall–Kier alpha value is -3.06. The van der Waals surface area contributed by atoms with Gasteiger partial charge in [0.25, 0.3) is 0 Å². The molecule has 2 aromatic rings. The minimum absolute atomic E-state index is 0.118. The lowest BCUT2D eigenvalue weighted by molar-refractivity contribution is -0.135. The highest BCUT2D eigenvalue weighted by atomic mass is 19.1. The molecule has 1 unspecified atom stereocenters. The van der Waals surface area contributed by atoms with Crippen LogP contribution in [-0.2, 0) is 9.59 Å². The summed E-state index contributed by atoms with van der Waals surface area (Å²) in [6.45, 7) is 0.621. The molecule has 5 nitrogen and oxygen atoms in total.